The number of methoxy groups -OCH3 is 2. The summed E-state index contributed by atoms with van der Waals surface area (Å²) in [4.78, 5) is 48.3. The van der Waals surface area contributed by atoms with Gasteiger partial charge in [-0.2, -0.15) is 0 Å². The van der Waals surface area contributed by atoms with Gasteiger partial charge < -0.3 is 14.5 Å². The number of nitrogens with zero attached hydrogens (tertiary/aromatic N) is 2. The Bertz CT molecular complexity index is 1260. The molecule has 1 aliphatic rings. The maximum absolute atomic E-state index is 13.1. The fourth-order valence-electron chi connectivity index (χ4n) is 5.07. The Balaban J connectivity index is 1.47. The predicted molar refractivity (Wildman–Crippen MR) is 141 cm³/mol. The van der Waals surface area contributed by atoms with Gasteiger partial charge in [0.05, 0.1) is 14.2 Å². The average Bonchev–Trinajstić information content (AvgIpc) is 3.34. The smallest absolute Gasteiger partial charge is 0.330 e. The third-order valence-electron chi connectivity index (χ3n) is 7.05. The minimum absolute atomic E-state index is 0.111. The van der Waals surface area contributed by atoms with Crippen molar-refractivity contribution in [3.63, 3.8) is 0 Å². The van der Waals surface area contributed by atoms with Crippen molar-refractivity contribution >= 4 is 34.8 Å². The van der Waals surface area contributed by atoms with Crippen LogP contribution in [-0.2, 0) is 36.8 Å². The van der Waals surface area contributed by atoms with Crippen LogP contribution in [-0.4, -0.2) is 67.2 Å². The van der Waals surface area contributed by atoms with Crippen molar-refractivity contribution in [2.75, 3.05) is 27.3 Å². The van der Waals surface area contributed by atoms with Crippen LogP contribution < -0.4 is 0 Å². The second-order valence-corrected chi connectivity index (χ2v) is 9.42. The number of fused-ring (bicyclic) bond motifs is 1. The van der Waals surface area contributed by atoms with Gasteiger partial charge in [-0.1, -0.05) is 48.5 Å². The molecule has 2 atom stereocenters. The van der Waals surface area contributed by atoms with Crippen molar-refractivity contribution < 1.29 is 23.9 Å². The van der Waals surface area contributed by atoms with Gasteiger partial charge in [0.1, 0.15) is 5.41 Å². The molecule has 1 aliphatic heterocycles. The van der Waals surface area contributed by atoms with Crippen molar-refractivity contribution in [1.29, 1.82) is 0 Å². The number of aromatic amines is 1. The Hall–Kier alpha value is -3.78. The minimum Gasteiger partial charge on any atom is -0.468 e. The van der Waals surface area contributed by atoms with Crippen molar-refractivity contribution in [1.82, 2.24) is 9.88 Å². The van der Waals surface area contributed by atoms with Crippen LogP contribution in [0.5, 0.6) is 0 Å². The Labute approximate surface area is 216 Å². The van der Waals surface area contributed by atoms with E-state index in [-0.39, 0.29) is 25.2 Å². The van der Waals surface area contributed by atoms with E-state index >= 15 is 0 Å². The molecule has 0 amide bonds. The summed E-state index contributed by atoms with van der Waals surface area (Å²) in [5.74, 6) is -1.07. The van der Waals surface area contributed by atoms with Crippen molar-refractivity contribution in [3.8, 4) is 0 Å². The van der Waals surface area contributed by atoms with Crippen LogP contribution >= 0.6 is 0 Å². The molecule has 1 aromatic heterocycles. The van der Waals surface area contributed by atoms with Crippen LogP contribution in [0.1, 0.15) is 30.4 Å². The van der Waals surface area contributed by atoms with Crippen LogP contribution in [0, 0.1) is 5.41 Å². The fraction of sp³-hybridized carbons (Fsp3) is 0.379. The summed E-state index contributed by atoms with van der Waals surface area (Å²) >= 11 is 0. The normalized spacial score (nSPS) is 19.2. The highest BCUT2D eigenvalue weighted by Gasteiger charge is 2.49. The maximum Gasteiger partial charge on any atom is 0.330 e. The largest absolute Gasteiger partial charge is 0.468 e. The Morgan fingerprint density at radius 1 is 1.11 bits per heavy atom. The number of esters is 2. The zero-order valence-corrected chi connectivity index (χ0v) is 21.3. The number of rotatable bonds is 10. The highest BCUT2D eigenvalue weighted by Crippen LogP contribution is 2.34. The lowest BCUT2D eigenvalue weighted by molar-refractivity contribution is -0.162. The van der Waals surface area contributed by atoms with E-state index in [1.54, 1.807) is 6.21 Å². The number of benzene rings is 2. The van der Waals surface area contributed by atoms with Gasteiger partial charge in [0.15, 0.2) is 11.8 Å². The van der Waals surface area contributed by atoms with E-state index in [1.807, 2.05) is 60.8 Å². The second-order valence-electron chi connectivity index (χ2n) is 9.42. The fourth-order valence-corrected chi connectivity index (χ4v) is 5.07. The number of ether oxygens (including phenoxy) is 2. The zero-order valence-electron chi connectivity index (χ0n) is 21.3. The Kier molecular flexibility index (Phi) is 8.50. The molecule has 0 spiro atoms. The molecule has 1 fully saturated rings. The number of H-pyrrole nitrogens is 1. The van der Waals surface area contributed by atoms with Gasteiger partial charge in [0.25, 0.3) is 0 Å². The molecule has 194 valence electrons. The van der Waals surface area contributed by atoms with Gasteiger partial charge in [-0.05, 0) is 36.2 Å². The minimum atomic E-state index is -1.26. The first-order chi connectivity index (χ1) is 18.0. The van der Waals surface area contributed by atoms with Crippen LogP contribution in [0.2, 0.25) is 0 Å². The van der Waals surface area contributed by atoms with Gasteiger partial charge in [-0.3, -0.25) is 19.5 Å². The standard InChI is InChI=1S/C29H33N3O5/c1-36-27(34)25(17-22-18-31-24-12-7-6-11-23(22)24)30-15-8-14-29(28(35)37-2)20-32(16-13-26(29)33)19-21-9-4-3-5-10-21/h3-7,9-12,15,18,25,31H,8,13-14,16-17,19-20H2,1-2H3. The van der Waals surface area contributed by atoms with Crippen LogP contribution in [0.3, 0.4) is 0 Å². The van der Waals surface area contributed by atoms with Crippen molar-refractivity contribution in [2.24, 2.45) is 10.4 Å². The monoisotopic (exact) mass is 503 g/mol. The number of hydrogen-bond acceptors (Lipinski definition) is 7. The Morgan fingerprint density at radius 2 is 1.86 bits per heavy atom. The number of Topliss-reactive ketones (excluding diaryl/α,β-unsaturated/α-hetero) is 1. The van der Waals surface area contributed by atoms with Gasteiger partial charge in [-0.25, -0.2) is 4.79 Å². The van der Waals surface area contributed by atoms with Crippen LogP contribution in [0.4, 0.5) is 0 Å². The van der Waals surface area contributed by atoms with Gasteiger partial charge >= 0.3 is 11.9 Å². The summed E-state index contributed by atoms with van der Waals surface area (Å²) in [5, 5.41) is 1.03. The molecule has 37 heavy (non-hydrogen) atoms. The number of hydrogen-bond donors (Lipinski definition) is 1. The van der Waals surface area contributed by atoms with Crippen molar-refractivity contribution in [3.05, 3.63) is 71.9 Å². The molecule has 1 N–H and O–H groups in total. The molecular weight excluding hydrogens is 470 g/mol. The van der Waals surface area contributed by atoms with E-state index in [0.29, 0.717) is 25.9 Å². The highest BCUT2D eigenvalue weighted by molar-refractivity contribution is 6.05. The molecule has 4 rings (SSSR count). The SMILES string of the molecule is COC(=O)C(Cc1c[nH]c2ccccc12)N=CCCC1(C(=O)OC)CN(Cc2ccccc2)CCC1=O. The van der Waals surface area contributed by atoms with E-state index in [9.17, 15) is 14.4 Å². The molecule has 3 aromatic rings. The third kappa shape index (κ3) is 5.97. The average molecular weight is 504 g/mol. The lowest BCUT2D eigenvalue weighted by atomic mass is 9.75. The number of piperidine rings is 1. The summed E-state index contributed by atoms with van der Waals surface area (Å²) in [5.41, 5.74) is 1.82. The number of ketones is 1. The van der Waals surface area contributed by atoms with Crippen LogP contribution in [0.15, 0.2) is 65.8 Å². The number of para-hydroxylation sites is 1. The molecule has 0 saturated carbocycles. The number of carbonyl (C=O) groups excluding carboxylic acids is 3. The molecule has 8 nitrogen and oxygen atoms in total. The lowest BCUT2D eigenvalue weighted by Gasteiger charge is -2.39. The molecule has 0 bridgehead atoms. The molecule has 2 aromatic carbocycles. The molecule has 8 heteroatoms. The maximum atomic E-state index is 13.1. The summed E-state index contributed by atoms with van der Waals surface area (Å²) in [7, 11) is 2.66. The van der Waals surface area contributed by atoms with Gasteiger partial charge in [-0.15, -0.1) is 0 Å². The van der Waals surface area contributed by atoms with Gasteiger partial charge in [0.2, 0.25) is 0 Å². The lowest BCUT2D eigenvalue weighted by Crippen LogP contribution is -2.54. The van der Waals surface area contributed by atoms with E-state index in [1.165, 1.54) is 14.2 Å². The summed E-state index contributed by atoms with van der Waals surface area (Å²) in [6.07, 6.45) is 4.77. The number of carbonyl (C=O) groups is 3. The Morgan fingerprint density at radius 3 is 2.62 bits per heavy atom. The highest BCUT2D eigenvalue weighted by atomic mass is 16.5. The quantitative estimate of drug-likeness (QED) is 0.257. The predicted octanol–water partition coefficient (Wildman–Crippen LogP) is 3.74. The number of likely N-dealkylation sites (tertiary alicyclic amines) is 1. The topological polar surface area (TPSA) is 101 Å². The summed E-state index contributed by atoms with van der Waals surface area (Å²) < 4.78 is 10.1. The molecule has 2 heterocycles. The van der Waals surface area contributed by atoms with E-state index in [0.717, 1.165) is 22.0 Å². The van der Waals surface area contributed by atoms with E-state index in [4.69, 9.17) is 9.47 Å². The number of aliphatic imine (C=N–C) groups is 1. The first kappa shape index (κ1) is 26.3. The molecule has 1 saturated heterocycles. The first-order valence-corrected chi connectivity index (χ1v) is 12.5. The van der Waals surface area contributed by atoms with Crippen molar-refractivity contribution in [2.45, 2.75) is 38.3 Å². The summed E-state index contributed by atoms with van der Waals surface area (Å²) in [6, 6.07) is 17.1. The molecule has 0 aliphatic carbocycles. The second kappa shape index (κ2) is 12.0. The zero-order chi connectivity index (χ0) is 26.3. The number of nitrogens with one attached hydrogen (secondary N) is 1. The molecule has 2 unspecified atom stereocenters. The first-order valence-electron chi connectivity index (χ1n) is 12.5. The van der Waals surface area contributed by atoms with Crippen LogP contribution in [0.25, 0.3) is 10.9 Å². The molecule has 0 radical (unpaired) electrons. The van der Waals surface area contributed by atoms with E-state index < -0.39 is 23.4 Å². The number of aromatic nitrogens is 1. The molecular formula is C29H33N3O5. The van der Waals surface area contributed by atoms with Gasteiger partial charge in [0, 0.05) is 49.6 Å². The summed E-state index contributed by atoms with van der Waals surface area (Å²) in [6.45, 7) is 1.53. The third-order valence-corrected chi connectivity index (χ3v) is 7.05. The van der Waals surface area contributed by atoms with E-state index in [2.05, 4.69) is 14.9 Å².